The quantitative estimate of drug-likeness (QED) is 0.599. The molecule has 1 heterocycles. The lowest BCUT2D eigenvalue weighted by atomic mass is 9.49. The molecular weight excluding hydrogens is 420 g/mol. The topological polar surface area (TPSA) is 49.4 Å². The van der Waals surface area contributed by atoms with Crippen molar-refractivity contribution in [2.24, 2.45) is 23.2 Å². The van der Waals surface area contributed by atoms with E-state index in [0.29, 0.717) is 13.0 Å². The predicted octanol–water partition coefficient (Wildman–Crippen LogP) is 5.78. The van der Waals surface area contributed by atoms with Crippen molar-refractivity contribution in [3.05, 3.63) is 64.7 Å². The van der Waals surface area contributed by atoms with Gasteiger partial charge < -0.3 is 10.2 Å². The molecule has 2 aromatic rings. The Morgan fingerprint density at radius 2 is 1.71 bits per heavy atom. The largest absolute Gasteiger partial charge is 0.338 e. The van der Waals surface area contributed by atoms with E-state index in [0.717, 1.165) is 54.0 Å². The van der Waals surface area contributed by atoms with Crippen LogP contribution in [0.5, 0.6) is 0 Å². The van der Waals surface area contributed by atoms with Crippen LogP contribution in [0.3, 0.4) is 0 Å². The van der Waals surface area contributed by atoms with Gasteiger partial charge in [0.25, 0.3) is 5.91 Å². The summed E-state index contributed by atoms with van der Waals surface area (Å²) in [7, 11) is 0. The van der Waals surface area contributed by atoms with Gasteiger partial charge in [-0.1, -0.05) is 30.3 Å². The van der Waals surface area contributed by atoms with Gasteiger partial charge in [0, 0.05) is 30.8 Å². The second kappa shape index (κ2) is 8.55. The third kappa shape index (κ3) is 4.06. The number of hydrogen-bond donors (Lipinski definition) is 1. The number of rotatable bonds is 6. The molecule has 7 rings (SSSR count). The monoisotopic (exact) mass is 456 g/mol. The average molecular weight is 457 g/mol. The minimum absolute atomic E-state index is 0.0898. The highest BCUT2D eigenvalue weighted by Gasteiger charge is 2.51. The molecule has 0 radical (unpaired) electrons. The Balaban J connectivity index is 1.13. The molecule has 4 bridgehead atoms. The molecule has 0 aromatic heterocycles. The van der Waals surface area contributed by atoms with Crippen molar-refractivity contribution in [3.63, 3.8) is 0 Å². The normalized spacial score (nSPS) is 29.3. The maximum Gasteiger partial charge on any atom is 0.254 e. The third-order valence-electron chi connectivity index (χ3n) is 9.21. The summed E-state index contributed by atoms with van der Waals surface area (Å²) in [6.45, 7) is 3.56. The highest BCUT2D eigenvalue weighted by Crippen LogP contribution is 2.61. The lowest BCUT2D eigenvalue weighted by Gasteiger charge is -2.56. The molecule has 4 aliphatic carbocycles. The molecule has 4 nitrogen and oxygen atoms in total. The van der Waals surface area contributed by atoms with Crippen LogP contribution < -0.4 is 5.32 Å². The molecule has 34 heavy (non-hydrogen) atoms. The number of anilines is 1. The summed E-state index contributed by atoms with van der Waals surface area (Å²) in [5.74, 6) is 2.79. The van der Waals surface area contributed by atoms with Crippen molar-refractivity contribution in [1.29, 1.82) is 0 Å². The number of fused-ring (bicyclic) bond motifs is 1. The Bertz CT molecular complexity index is 1090. The van der Waals surface area contributed by atoms with E-state index in [1.807, 2.05) is 23.1 Å². The van der Waals surface area contributed by atoms with E-state index in [1.165, 1.54) is 49.7 Å². The van der Waals surface area contributed by atoms with Crippen LogP contribution in [0.15, 0.2) is 42.5 Å². The number of hydrogen-bond acceptors (Lipinski definition) is 2. The molecule has 4 saturated carbocycles. The minimum Gasteiger partial charge on any atom is -0.338 e. The van der Waals surface area contributed by atoms with Gasteiger partial charge >= 0.3 is 0 Å². The van der Waals surface area contributed by atoms with E-state index in [4.69, 9.17) is 0 Å². The first kappa shape index (κ1) is 21.9. The van der Waals surface area contributed by atoms with Crippen molar-refractivity contribution < 1.29 is 9.59 Å². The summed E-state index contributed by atoms with van der Waals surface area (Å²) in [6, 6.07) is 14.2. The van der Waals surface area contributed by atoms with Gasteiger partial charge in [0.05, 0.1) is 0 Å². The second-order valence-electron chi connectivity index (χ2n) is 11.7. The smallest absolute Gasteiger partial charge is 0.254 e. The van der Waals surface area contributed by atoms with E-state index in [9.17, 15) is 9.59 Å². The molecule has 0 unspecified atom stereocenters. The minimum atomic E-state index is 0.0898. The van der Waals surface area contributed by atoms with Gasteiger partial charge in [-0.25, -0.2) is 0 Å². The van der Waals surface area contributed by atoms with Gasteiger partial charge in [-0.15, -0.1) is 0 Å². The van der Waals surface area contributed by atoms with Crippen molar-refractivity contribution in [1.82, 2.24) is 4.90 Å². The number of nitrogens with zero attached hydrogens (tertiary/aromatic N) is 1. The van der Waals surface area contributed by atoms with Gasteiger partial charge in [-0.3, -0.25) is 9.59 Å². The highest BCUT2D eigenvalue weighted by molar-refractivity contribution is 6.00. The zero-order valence-electron chi connectivity index (χ0n) is 20.3. The Hall–Kier alpha value is -2.62. The van der Waals surface area contributed by atoms with Gasteiger partial charge in [0.15, 0.2) is 0 Å². The van der Waals surface area contributed by atoms with E-state index in [-0.39, 0.29) is 17.2 Å². The number of carbonyl (C=O) groups is 2. The van der Waals surface area contributed by atoms with E-state index in [1.54, 1.807) is 0 Å². The summed E-state index contributed by atoms with van der Waals surface area (Å²) in [5, 5.41) is 3.24. The van der Waals surface area contributed by atoms with Crippen LogP contribution in [0.25, 0.3) is 0 Å². The molecule has 5 aliphatic rings. The Morgan fingerprint density at radius 3 is 2.41 bits per heavy atom. The SMILES string of the molecule is Cc1ccccc1CCN1CCc2c(NC(=O)CC34CC5CC(CC(C5)C3)C4)cccc2C1=O. The zero-order chi connectivity index (χ0) is 23.3. The predicted molar refractivity (Wildman–Crippen MR) is 135 cm³/mol. The van der Waals surface area contributed by atoms with Crippen LogP contribution in [0.4, 0.5) is 5.69 Å². The van der Waals surface area contributed by atoms with Crippen molar-refractivity contribution in [2.75, 3.05) is 18.4 Å². The summed E-state index contributed by atoms with van der Waals surface area (Å²) < 4.78 is 0. The standard InChI is InChI=1S/C30H36N2O2/c1-20-5-2-3-6-24(20)9-11-32-12-10-25-26(29(32)34)7-4-8-27(25)31-28(33)19-30-16-21-13-22(17-30)15-23(14-21)18-30/h2-8,21-23H,9-19H2,1H3,(H,31,33). The number of amides is 2. The van der Waals surface area contributed by atoms with E-state index < -0.39 is 0 Å². The van der Waals surface area contributed by atoms with Crippen LogP contribution in [0.1, 0.15) is 72.0 Å². The maximum absolute atomic E-state index is 13.3. The summed E-state index contributed by atoms with van der Waals surface area (Å²) in [5.41, 5.74) is 5.42. The molecular formula is C30H36N2O2. The van der Waals surface area contributed by atoms with Gasteiger partial charge in [0.2, 0.25) is 5.91 Å². The summed E-state index contributed by atoms with van der Waals surface area (Å²) >= 11 is 0. The third-order valence-corrected chi connectivity index (χ3v) is 9.21. The average Bonchev–Trinajstić information content (AvgIpc) is 2.79. The van der Waals surface area contributed by atoms with E-state index >= 15 is 0 Å². The van der Waals surface area contributed by atoms with E-state index in [2.05, 4.69) is 36.5 Å². The van der Waals surface area contributed by atoms with Gasteiger partial charge in [-0.2, -0.15) is 0 Å². The van der Waals surface area contributed by atoms with Crippen molar-refractivity contribution in [3.8, 4) is 0 Å². The second-order valence-corrected chi connectivity index (χ2v) is 11.7. The highest BCUT2D eigenvalue weighted by atomic mass is 16.2. The number of aryl methyl sites for hydroxylation is 1. The molecule has 2 amide bonds. The van der Waals surface area contributed by atoms with Gasteiger partial charge in [-0.05, 0) is 110 Å². The van der Waals surface area contributed by atoms with Crippen LogP contribution in [-0.2, 0) is 17.6 Å². The van der Waals surface area contributed by atoms with Crippen LogP contribution >= 0.6 is 0 Å². The van der Waals surface area contributed by atoms with Crippen molar-refractivity contribution >= 4 is 17.5 Å². The Kier molecular flexibility index (Phi) is 5.50. The number of nitrogens with one attached hydrogen (secondary N) is 1. The number of carbonyl (C=O) groups excluding carboxylic acids is 2. The molecule has 4 heteroatoms. The first-order valence-electron chi connectivity index (χ1n) is 13.2. The van der Waals surface area contributed by atoms with Crippen molar-refractivity contribution in [2.45, 2.75) is 64.7 Å². The fourth-order valence-corrected chi connectivity index (χ4v) is 8.09. The summed E-state index contributed by atoms with van der Waals surface area (Å²) in [4.78, 5) is 28.5. The molecule has 0 spiro atoms. The van der Waals surface area contributed by atoms with Crippen LogP contribution in [0.2, 0.25) is 0 Å². The molecule has 1 N–H and O–H groups in total. The molecule has 4 fully saturated rings. The fourth-order valence-electron chi connectivity index (χ4n) is 8.09. The molecule has 0 atom stereocenters. The summed E-state index contributed by atoms with van der Waals surface area (Å²) in [6.07, 6.45) is 10.2. The molecule has 178 valence electrons. The molecule has 0 saturated heterocycles. The lowest BCUT2D eigenvalue weighted by Crippen LogP contribution is -2.47. The van der Waals surface area contributed by atoms with Crippen LogP contribution in [-0.4, -0.2) is 29.8 Å². The first-order chi connectivity index (χ1) is 16.5. The number of benzene rings is 2. The fraction of sp³-hybridized carbons (Fsp3) is 0.533. The Labute approximate surface area is 203 Å². The van der Waals surface area contributed by atoms with Gasteiger partial charge in [0.1, 0.15) is 0 Å². The molecule has 1 aliphatic heterocycles. The maximum atomic E-state index is 13.3. The Morgan fingerprint density at radius 1 is 1.00 bits per heavy atom. The zero-order valence-corrected chi connectivity index (χ0v) is 20.3. The van der Waals surface area contributed by atoms with Crippen LogP contribution in [0, 0.1) is 30.1 Å². The molecule has 2 aromatic carbocycles. The lowest BCUT2D eigenvalue weighted by molar-refractivity contribution is -0.124. The first-order valence-corrected chi connectivity index (χ1v) is 13.2.